The van der Waals surface area contributed by atoms with Crippen molar-refractivity contribution >= 4 is 5.91 Å². The molecule has 1 aromatic rings. The Labute approximate surface area is 100 Å². The van der Waals surface area contributed by atoms with Crippen molar-refractivity contribution in [1.29, 1.82) is 0 Å². The number of hydrogen-bond donors (Lipinski definition) is 2. The smallest absolute Gasteiger partial charge is 0.293 e. The molecule has 2 rings (SSSR count). The molecule has 1 saturated carbocycles. The van der Waals surface area contributed by atoms with E-state index in [0.29, 0.717) is 5.82 Å². The van der Waals surface area contributed by atoms with Crippen LogP contribution in [0.1, 0.15) is 42.1 Å². The number of aromatic amines is 1. The summed E-state index contributed by atoms with van der Waals surface area (Å²) in [6.45, 7) is 1.75. The molecule has 1 amide bonds. The van der Waals surface area contributed by atoms with E-state index in [9.17, 15) is 9.90 Å². The topological polar surface area (TPSA) is 82.1 Å². The molecule has 1 aromatic heterocycles. The molecule has 1 aliphatic rings. The van der Waals surface area contributed by atoms with Crippen molar-refractivity contribution < 1.29 is 9.90 Å². The first kappa shape index (κ1) is 12.0. The predicted octanol–water partition coefficient (Wildman–Crippen LogP) is 0.489. The van der Waals surface area contributed by atoms with Crippen molar-refractivity contribution in [2.24, 2.45) is 0 Å². The van der Waals surface area contributed by atoms with E-state index in [1.54, 1.807) is 18.9 Å². The number of rotatable bonds is 2. The number of H-pyrrole nitrogens is 1. The molecule has 2 unspecified atom stereocenters. The van der Waals surface area contributed by atoms with Crippen LogP contribution < -0.4 is 0 Å². The second-order valence-corrected chi connectivity index (χ2v) is 4.58. The van der Waals surface area contributed by atoms with E-state index < -0.39 is 6.10 Å². The van der Waals surface area contributed by atoms with Crippen LogP contribution >= 0.6 is 0 Å². The molecule has 6 heteroatoms. The number of nitrogens with one attached hydrogen (secondary N) is 1. The predicted molar refractivity (Wildman–Crippen MR) is 61.5 cm³/mol. The van der Waals surface area contributed by atoms with E-state index in [2.05, 4.69) is 15.2 Å². The number of carbonyl (C=O) groups is 1. The number of aromatic nitrogens is 3. The van der Waals surface area contributed by atoms with Crippen LogP contribution in [0.25, 0.3) is 0 Å². The quantitative estimate of drug-likeness (QED) is 0.785. The van der Waals surface area contributed by atoms with E-state index in [1.165, 1.54) is 0 Å². The van der Waals surface area contributed by atoms with Gasteiger partial charge in [-0.2, -0.15) is 0 Å². The molecule has 1 heterocycles. The van der Waals surface area contributed by atoms with Crippen LogP contribution in [-0.2, 0) is 0 Å². The van der Waals surface area contributed by atoms with Crippen LogP contribution in [0.2, 0.25) is 0 Å². The maximum atomic E-state index is 12.1. The Bertz CT molecular complexity index is 404. The molecule has 0 radical (unpaired) electrons. The minimum absolute atomic E-state index is 0.116. The summed E-state index contributed by atoms with van der Waals surface area (Å²) >= 11 is 0. The molecule has 0 aromatic carbocycles. The molecule has 0 saturated heterocycles. The Morgan fingerprint density at radius 2 is 2.18 bits per heavy atom. The summed E-state index contributed by atoms with van der Waals surface area (Å²) in [4.78, 5) is 17.6. The molecular formula is C11H18N4O2. The summed E-state index contributed by atoms with van der Waals surface area (Å²) in [6, 6.07) is -0.116. The fourth-order valence-electron chi connectivity index (χ4n) is 2.29. The lowest BCUT2D eigenvalue weighted by molar-refractivity contribution is 0.0261. The van der Waals surface area contributed by atoms with E-state index in [1.807, 2.05) is 0 Å². The standard InChI is InChI=1S/C11H18N4O2/c1-7-12-10(14-13-7)11(17)15(2)8-5-3-4-6-9(8)16/h8-9,16H,3-6H2,1-2H3,(H,12,13,14). The molecule has 0 bridgehead atoms. The number of hydrogen-bond acceptors (Lipinski definition) is 4. The van der Waals surface area contributed by atoms with Crippen molar-refractivity contribution in [3.8, 4) is 0 Å². The van der Waals surface area contributed by atoms with Crippen LogP contribution in [-0.4, -0.2) is 50.3 Å². The zero-order chi connectivity index (χ0) is 12.4. The van der Waals surface area contributed by atoms with Crippen molar-refractivity contribution in [3.05, 3.63) is 11.6 Å². The second-order valence-electron chi connectivity index (χ2n) is 4.58. The molecule has 1 fully saturated rings. The first-order chi connectivity index (χ1) is 8.09. The number of likely N-dealkylation sites (N-methyl/N-ethyl adjacent to an activating group) is 1. The van der Waals surface area contributed by atoms with Crippen molar-refractivity contribution in [2.75, 3.05) is 7.05 Å². The Balaban J connectivity index is 2.08. The average Bonchev–Trinajstić information content (AvgIpc) is 2.75. The Morgan fingerprint density at radius 3 is 2.76 bits per heavy atom. The van der Waals surface area contributed by atoms with Gasteiger partial charge in [-0.05, 0) is 19.8 Å². The third-order valence-electron chi connectivity index (χ3n) is 3.30. The number of carbonyl (C=O) groups excluding carboxylic acids is 1. The summed E-state index contributed by atoms with van der Waals surface area (Å²) in [7, 11) is 1.70. The molecule has 2 N–H and O–H groups in total. The van der Waals surface area contributed by atoms with Crippen LogP contribution in [0, 0.1) is 6.92 Å². The van der Waals surface area contributed by atoms with Crippen LogP contribution in [0.5, 0.6) is 0 Å². The normalized spacial score (nSPS) is 24.6. The largest absolute Gasteiger partial charge is 0.391 e. The van der Waals surface area contributed by atoms with Crippen LogP contribution in [0.15, 0.2) is 0 Å². The molecule has 17 heavy (non-hydrogen) atoms. The molecule has 6 nitrogen and oxygen atoms in total. The lowest BCUT2D eigenvalue weighted by atomic mass is 9.91. The summed E-state index contributed by atoms with van der Waals surface area (Å²) in [5.41, 5.74) is 0. The van der Waals surface area contributed by atoms with E-state index in [-0.39, 0.29) is 17.8 Å². The van der Waals surface area contributed by atoms with Gasteiger partial charge in [0.15, 0.2) is 0 Å². The summed E-state index contributed by atoms with van der Waals surface area (Å²) < 4.78 is 0. The average molecular weight is 238 g/mol. The highest BCUT2D eigenvalue weighted by Crippen LogP contribution is 2.23. The number of amides is 1. The van der Waals surface area contributed by atoms with Gasteiger partial charge in [-0.1, -0.05) is 12.8 Å². The van der Waals surface area contributed by atoms with Gasteiger partial charge in [-0.15, -0.1) is 5.10 Å². The maximum absolute atomic E-state index is 12.1. The van der Waals surface area contributed by atoms with E-state index in [0.717, 1.165) is 25.7 Å². The van der Waals surface area contributed by atoms with E-state index in [4.69, 9.17) is 0 Å². The summed E-state index contributed by atoms with van der Waals surface area (Å²) in [5.74, 6) is 0.550. The maximum Gasteiger partial charge on any atom is 0.293 e. The van der Waals surface area contributed by atoms with Gasteiger partial charge in [0.2, 0.25) is 5.82 Å². The third kappa shape index (κ3) is 2.46. The molecular weight excluding hydrogens is 220 g/mol. The number of nitrogens with zero attached hydrogens (tertiary/aromatic N) is 3. The van der Waals surface area contributed by atoms with Crippen molar-refractivity contribution in [3.63, 3.8) is 0 Å². The van der Waals surface area contributed by atoms with Crippen molar-refractivity contribution in [2.45, 2.75) is 44.8 Å². The molecule has 2 atom stereocenters. The zero-order valence-corrected chi connectivity index (χ0v) is 10.2. The Hall–Kier alpha value is -1.43. The third-order valence-corrected chi connectivity index (χ3v) is 3.30. The minimum Gasteiger partial charge on any atom is -0.391 e. The zero-order valence-electron chi connectivity index (χ0n) is 10.2. The SMILES string of the molecule is Cc1nc(C(=O)N(C)C2CCCCC2O)n[nH]1. The van der Waals surface area contributed by atoms with Gasteiger partial charge in [-0.25, -0.2) is 4.98 Å². The van der Waals surface area contributed by atoms with Gasteiger partial charge in [-0.3, -0.25) is 9.89 Å². The summed E-state index contributed by atoms with van der Waals surface area (Å²) in [6.07, 6.45) is 3.24. The lowest BCUT2D eigenvalue weighted by Gasteiger charge is -2.34. The van der Waals surface area contributed by atoms with Crippen LogP contribution in [0.4, 0.5) is 0 Å². The van der Waals surface area contributed by atoms with Crippen LogP contribution in [0.3, 0.4) is 0 Å². The van der Waals surface area contributed by atoms with Gasteiger partial charge in [0.05, 0.1) is 12.1 Å². The van der Waals surface area contributed by atoms with E-state index >= 15 is 0 Å². The minimum atomic E-state index is -0.433. The van der Waals surface area contributed by atoms with Gasteiger partial charge in [0.1, 0.15) is 5.82 Å². The number of aliphatic hydroxyl groups is 1. The highest BCUT2D eigenvalue weighted by molar-refractivity contribution is 5.90. The van der Waals surface area contributed by atoms with Gasteiger partial charge < -0.3 is 10.0 Å². The molecule has 1 aliphatic carbocycles. The molecule has 0 aliphatic heterocycles. The fraction of sp³-hybridized carbons (Fsp3) is 0.727. The van der Waals surface area contributed by atoms with Gasteiger partial charge in [0.25, 0.3) is 5.91 Å². The second kappa shape index (κ2) is 4.83. The van der Waals surface area contributed by atoms with Gasteiger partial charge in [0, 0.05) is 7.05 Å². The Kier molecular flexibility index (Phi) is 3.42. The monoisotopic (exact) mass is 238 g/mol. The lowest BCUT2D eigenvalue weighted by Crippen LogP contribution is -2.46. The summed E-state index contributed by atoms with van der Waals surface area (Å²) in [5, 5.41) is 16.4. The van der Waals surface area contributed by atoms with Crippen molar-refractivity contribution in [1.82, 2.24) is 20.1 Å². The Morgan fingerprint density at radius 1 is 1.47 bits per heavy atom. The highest BCUT2D eigenvalue weighted by atomic mass is 16.3. The number of aryl methyl sites for hydroxylation is 1. The number of aliphatic hydroxyl groups excluding tert-OH is 1. The van der Waals surface area contributed by atoms with Gasteiger partial charge >= 0.3 is 0 Å². The fourth-order valence-corrected chi connectivity index (χ4v) is 2.29. The first-order valence-electron chi connectivity index (χ1n) is 5.94. The first-order valence-corrected chi connectivity index (χ1v) is 5.94. The molecule has 94 valence electrons. The highest BCUT2D eigenvalue weighted by Gasteiger charge is 2.31. The molecule has 0 spiro atoms.